The van der Waals surface area contributed by atoms with Gasteiger partial charge >= 0.3 is 0 Å². The summed E-state index contributed by atoms with van der Waals surface area (Å²) >= 11 is 20.1. The number of benzene rings is 3. The van der Waals surface area contributed by atoms with Gasteiger partial charge in [0.2, 0.25) is 0 Å². The average Bonchev–Trinajstić information content (AvgIpc) is 2.77. The number of nitrogens with zero attached hydrogens (tertiary/aromatic N) is 1. The Morgan fingerprint density at radius 2 is 1.56 bits per heavy atom. The van der Waals surface area contributed by atoms with Gasteiger partial charge < -0.3 is 10.2 Å². The van der Waals surface area contributed by atoms with Crippen molar-refractivity contribution in [3.05, 3.63) is 111 Å². The van der Waals surface area contributed by atoms with Gasteiger partial charge in [0.1, 0.15) is 0 Å². The zero-order valence-electron chi connectivity index (χ0n) is 22.2. The Morgan fingerprint density at radius 3 is 2.14 bits per heavy atom. The van der Waals surface area contributed by atoms with Gasteiger partial charge in [0.25, 0.3) is 0 Å². The van der Waals surface area contributed by atoms with E-state index in [1.165, 1.54) is 11.1 Å². The number of hydrogen-bond acceptors (Lipinski definition) is 2. The van der Waals surface area contributed by atoms with E-state index in [-0.39, 0.29) is 5.92 Å². The van der Waals surface area contributed by atoms with E-state index in [1.54, 1.807) is 0 Å². The normalized spacial score (nSPS) is 12.3. The molecule has 5 heteroatoms. The second-order valence-corrected chi connectivity index (χ2v) is 11.9. The number of halogens is 3. The van der Waals surface area contributed by atoms with Crippen molar-refractivity contribution in [3.8, 4) is 0 Å². The minimum atomic E-state index is -0.600. The molecule has 36 heavy (non-hydrogen) atoms. The van der Waals surface area contributed by atoms with Crippen LogP contribution in [0, 0.1) is 27.7 Å². The summed E-state index contributed by atoms with van der Waals surface area (Å²) in [7, 11) is 2.00. The van der Waals surface area contributed by atoms with E-state index in [9.17, 15) is 0 Å². The van der Waals surface area contributed by atoms with Crippen LogP contribution in [0.2, 0.25) is 10.0 Å². The van der Waals surface area contributed by atoms with Crippen molar-refractivity contribution in [3.63, 3.8) is 0 Å². The summed E-state index contributed by atoms with van der Waals surface area (Å²) in [5, 5.41) is 4.83. The monoisotopic (exact) mass is 540 g/mol. The van der Waals surface area contributed by atoms with E-state index in [2.05, 4.69) is 68.4 Å². The Hall–Kier alpha value is -2.39. The third-order valence-corrected chi connectivity index (χ3v) is 7.64. The van der Waals surface area contributed by atoms with Crippen LogP contribution in [-0.4, -0.2) is 11.9 Å². The number of anilines is 2. The molecule has 0 fully saturated rings. The summed E-state index contributed by atoms with van der Waals surface area (Å²) in [5.74, 6) is -0.184. The Balaban J connectivity index is 1.93. The second-order valence-electron chi connectivity index (χ2n) is 10.1. The van der Waals surface area contributed by atoms with Crippen LogP contribution in [0.5, 0.6) is 0 Å². The van der Waals surface area contributed by atoms with Crippen LogP contribution in [0.25, 0.3) is 5.70 Å². The molecule has 1 atom stereocenters. The highest BCUT2D eigenvalue weighted by molar-refractivity contribution is 6.32. The molecule has 0 bridgehead atoms. The molecular formula is C31H35Cl3N2. The number of allylic oxidation sites excluding steroid dienone is 1. The fourth-order valence-electron chi connectivity index (χ4n) is 4.61. The topological polar surface area (TPSA) is 15.3 Å². The molecule has 1 unspecified atom stereocenters. The number of rotatable bonds is 8. The van der Waals surface area contributed by atoms with E-state index in [0.29, 0.717) is 5.02 Å². The van der Waals surface area contributed by atoms with Crippen molar-refractivity contribution >= 4 is 51.9 Å². The maximum absolute atomic E-state index is 6.90. The number of hydrogen-bond donors (Lipinski definition) is 1. The molecule has 2 nitrogen and oxygen atoms in total. The van der Waals surface area contributed by atoms with Crippen molar-refractivity contribution < 1.29 is 0 Å². The zero-order chi connectivity index (χ0) is 26.9. The first kappa shape index (κ1) is 28.2. The first-order chi connectivity index (χ1) is 16.7. The predicted octanol–water partition coefficient (Wildman–Crippen LogP) is 10.1. The predicted molar refractivity (Wildman–Crippen MR) is 161 cm³/mol. The van der Waals surface area contributed by atoms with Crippen LogP contribution >= 0.6 is 34.8 Å². The molecule has 0 spiro atoms. The molecule has 1 N–H and O–H groups in total. The van der Waals surface area contributed by atoms with E-state index >= 15 is 0 Å². The van der Waals surface area contributed by atoms with E-state index in [1.807, 2.05) is 52.1 Å². The van der Waals surface area contributed by atoms with Gasteiger partial charge in [-0.15, -0.1) is 11.6 Å². The lowest BCUT2D eigenvalue weighted by Gasteiger charge is -2.32. The Bertz CT molecular complexity index is 1290. The number of alkyl halides is 1. The molecule has 3 aromatic rings. The molecule has 190 valence electrons. The van der Waals surface area contributed by atoms with Crippen LogP contribution in [0.15, 0.2) is 67.4 Å². The summed E-state index contributed by atoms with van der Waals surface area (Å²) < 4.78 is 0. The van der Waals surface area contributed by atoms with Gasteiger partial charge in [-0.25, -0.2) is 0 Å². The summed E-state index contributed by atoms with van der Waals surface area (Å²) in [6.45, 7) is 21.0. The molecule has 0 saturated carbocycles. The van der Waals surface area contributed by atoms with Crippen LogP contribution in [0.3, 0.4) is 0 Å². The smallest absolute Gasteiger partial charge is 0.0513 e. The molecule has 0 aliphatic heterocycles. The summed E-state index contributed by atoms with van der Waals surface area (Å²) in [6, 6.07) is 16.3. The lowest BCUT2D eigenvalue weighted by molar-refractivity contribution is 0.599. The third kappa shape index (κ3) is 6.11. The molecule has 0 amide bonds. The average molecular weight is 542 g/mol. The molecule has 0 radical (unpaired) electrons. The lowest BCUT2D eigenvalue weighted by atomic mass is 9.84. The molecule has 0 heterocycles. The van der Waals surface area contributed by atoms with Gasteiger partial charge in [0.15, 0.2) is 0 Å². The Kier molecular flexibility index (Phi) is 8.55. The van der Waals surface area contributed by atoms with Crippen LogP contribution < -0.4 is 10.2 Å². The second kappa shape index (κ2) is 10.9. The van der Waals surface area contributed by atoms with Crippen molar-refractivity contribution in [1.29, 1.82) is 0 Å². The summed E-state index contributed by atoms with van der Waals surface area (Å²) in [5.41, 5.74) is 9.97. The number of nitrogens with one attached hydrogen (secondary N) is 1. The number of aryl methyl sites for hydroxylation is 3. The van der Waals surface area contributed by atoms with Gasteiger partial charge in [-0.05, 0) is 94.1 Å². The highest BCUT2D eigenvalue weighted by Crippen LogP contribution is 2.41. The van der Waals surface area contributed by atoms with E-state index < -0.39 is 4.87 Å². The molecule has 0 aromatic heterocycles. The largest absolute Gasteiger partial charge is 0.359 e. The molecule has 3 aromatic carbocycles. The van der Waals surface area contributed by atoms with Gasteiger partial charge in [0.05, 0.1) is 9.90 Å². The maximum Gasteiger partial charge on any atom is 0.0513 e. The summed E-state index contributed by atoms with van der Waals surface area (Å²) in [6.07, 6.45) is 0. The Morgan fingerprint density at radius 1 is 0.889 bits per heavy atom. The zero-order valence-corrected chi connectivity index (χ0v) is 24.5. The first-order valence-electron chi connectivity index (χ1n) is 11.9. The standard InChI is InChI=1S/C31H35Cl3N2/c1-18-10-13-29(20(3)14-18)36(9)23(6)26-17-25(11-12-27(26)32)35-22(5)30(31(7,8)34)24-15-19(2)21(4)28(33)16-24/h10-17,30,35H,5-6H2,1-4,7-9H3. The van der Waals surface area contributed by atoms with Crippen LogP contribution in [0.4, 0.5) is 11.4 Å². The SMILES string of the molecule is C=C(Nc1ccc(Cl)c(C(=C)N(C)c2ccc(C)cc2C)c1)C(c1cc(C)c(C)c(Cl)c1)C(C)(C)Cl. The molecule has 0 aliphatic carbocycles. The van der Waals surface area contributed by atoms with Gasteiger partial charge in [-0.3, -0.25) is 0 Å². The molecular weight excluding hydrogens is 507 g/mol. The van der Waals surface area contributed by atoms with E-state index in [4.69, 9.17) is 34.8 Å². The highest BCUT2D eigenvalue weighted by Gasteiger charge is 2.32. The van der Waals surface area contributed by atoms with Crippen molar-refractivity contribution in [2.45, 2.75) is 52.3 Å². The Labute approximate surface area is 231 Å². The van der Waals surface area contributed by atoms with E-state index in [0.717, 1.165) is 50.0 Å². The molecule has 3 rings (SSSR count). The van der Waals surface area contributed by atoms with Crippen molar-refractivity contribution in [1.82, 2.24) is 0 Å². The highest BCUT2D eigenvalue weighted by atomic mass is 35.5. The minimum Gasteiger partial charge on any atom is -0.359 e. The van der Waals surface area contributed by atoms with Crippen LogP contribution in [0.1, 0.15) is 53.1 Å². The first-order valence-corrected chi connectivity index (χ1v) is 13.0. The maximum atomic E-state index is 6.90. The molecule has 0 aliphatic rings. The third-order valence-electron chi connectivity index (χ3n) is 6.70. The van der Waals surface area contributed by atoms with Gasteiger partial charge in [-0.1, -0.05) is 60.1 Å². The van der Waals surface area contributed by atoms with Gasteiger partial charge in [0, 0.05) is 46.3 Å². The quantitative estimate of drug-likeness (QED) is 0.285. The minimum absolute atomic E-state index is 0.184. The molecule has 0 saturated heterocycles. The fraction of sp³-hybridized carbons (Fsp3) is 0.290. The summed E-state index contributed by atoms with van der Waals surface area (Å²) in [4.78, 5) is 1.47. The van der Waals surface area contributed by atoms with Gasteiger partial charge in [-0.2, -0.15) is 0 Å². The fourth-order valence-corrected chi connectivity index (χ4v) is 5.37. The van der Waals surface area contributed by atoms with Crippen molar-refractivity contribution in [2.24, 2.45) is 0 Å². The van der Waals surface area contributed by atoms with Crippen molar-refractivity contribution in [2.75, 3.05) is 17.3 Å². The lowest BCUT2D eigenvalue weighted by Crippen LogP contribution is -2.27. The van der Waals surface area contributed by atoms with Crippen LogP contribution in [-0.2, 0) is 0 Å².